The van der Waals surface area contributed by atoms with E-state index in [1.54, 1.807) is 24.3 Å². The summed E-state index contributed by atoms with van der Waals surface area (Å²) in [5.41, 5.74) is 0.403. The van der Waals surface area contributed by atoms with E-state index in [-0.39, 0.29) is 5.69 Å². The van der Waals surface area contributed by atoms with Crippen molar-refractivity contribution in [1.29, 1.82) is 0 Å². The van der Waals surface area contributed by atoms with Crippen molar-refractivity contribution in [2.24, 2.45) is 0 Å². The van der Waals surface area contributed by atoms with Gasteiger partial charge in [-0.25, -0.2) is 0 Å². The molecular formula is C18H16ClF3N2O2. The number of carbonyl (C=O) groups is 2. The van der Waals surface area contributed by atoms with Crippen LogP contribution >= 0.6 is 11.6 Å². The summed E-state index contributed by atoms with van der Waals surface area (Å²) in [6.07, 6.45) is -4.67. The summed E-state index contributed by atoms with van der Waals surface area (Å²) in [6.45, 7) is 2.63. The zero-order chi connectivity index (χ0) is 19.5. The van der Waals surface area contributed by atoms with Gasteiger partial charge in [0.25, 0.3) is 0 Å². The second-order valence-corrected chi connectivity index (χ2v) is 6.09. The third-order valence-electron chi connectivity index (χ3n) is 3.58. The van der Waals surface area contributed by atoms with E-state index < -0.39 is 35.1 Å². The molecule has 0 saturated heterocycles. The van der Waals surface area contributed by atoms with Gasteiger partial charge in [0.15, 0.2) is 0 Å². The quantitative estimate of drug-likeness (QED) is 0.833. The molecule has 1 N–H and O–H groups in total. The van der Waals surface area contributed by atoms with Crippen LogP contribution in [0.5, 0.6) is 0 Å². The number of hydrogen-bond acceptors (Lipinski definition) is 2. The van der Waals surface area contributed by atoms with Crippen LogP contribution in [0.3, 0.4) is 0 Å². The molecule has 0 aromatic heterocycles. The topological polar surface area (TPSA) is 49.4 Å². The number of anilines is 2. The molecule has 0 bridgehead atoms. The smallest absolute Gasteiger partial charge is 0.325 e. The molecule has 8 heteroatoms. The minimum absolute atomic E-state index is 0.0618. The maximum Gasteiger partial charge on any atom is 0.417 e. The Bertz CT molecular complexity index is 820. The molecule has 0 saturated carbocycles. The van der Waals surface area contributed by atoms with Gasteiger partial charge < -0.3 is 10.2 Å². The maximum atomic E-state index is 13.0. The van der Waals surface area contributed by atoms with Gasteiger partial charge in [0, 0.05) is 18.3 Å². The number of carbonyl (C=O) groups excluding carboxylic acids is 2. The number of hydrogen-bond donors (Lipinski definition) is 1. The average Bonchev–Trinajstić information content (AvgIpc) is 2.54. The zero-order valence-electron chi connectivity index (χ0n) is 14.0. The summed E-state index contributed by atoms with van der Waals surface area (Å²) in [4.78, 5) is 25.0. The molecule has 0 aliphatic carbocycles. The van der Waals surface area contributed by atoms with Crippen LogP contribution < -0.4 is 10.2 Å². The van der Waals surface area contributed by atoms with Gasteiger partial charge in [-0.3, -0.25) is 9.59 Å². The third kappa shape index (κ3) is 4.98. The summed E-state index contributed by atoms with van der Waals surface area (Å²) in [5, 5.41) is 2.12. The number of alkyl halides is 3. The number of aryl methyl sites for hydroxylation is 1. The minimum Gasteiger partial charge on any atom is -0.325 e. The second kappa shape index (κ2) is 7.78. The highest BCUT2D eigenvalue weighted by Gasteiger charge is 2.34. The fourth-order valence-electron chi connectivity index (χ4n) is 2.26. The van der Waals surface area contributed by atoms with Crippen molar-refractivity contribution in [3.63, 3.8) is 0 Å². The van der Waals surface area contributed by atoms with Gasteiger partial charge in [-0.1, -0.05) is 29.3 Å². The molecule has 0 heterocycles. The average molecular weight is 385 g/mol. The van der Waals surface area contributed by atoms with Crippen molar-refractivity contribution in [3.8, 4) is 0 Å². The second-order valence-electron chi connectivity index (χ2n) is 5.68. The Morgan fingerprint density at radius 2 is 1.73 bits per heavy atom. The lowest BCUT2D eigenvalue weighted by atomic mass is 10.1. The number of nitrogens with one attached hydrogen (secondary N) is 1. The molecule has 0 unspecified atom stereocenters. The van der Waals surface area contributed by atoms with E-state index in [1.165, 1.54) is 13.0 Å². The zero-order valence-corrected chi connectivity index (χ0v) is 14.8. The first-order chi connectivity index (χ1) is 12.1. The predicted octanol–water partition coefficient (Wildman–Crippen LogP) is 4.66. The fourth-order valence-corrected chi connectivity index (χ4v) is 2.49. The van der Waals surface area contributed by atoms with Crippen molar-refractivity contribution in [3.05, 3.63) is 58.6 Å². The van der Waals surface area contributed by atoms with Crippen LogP contribution in [0, 0.1) is 6.92 Å². The fraction of sp³-hybridized carbons (Fsp3) is 0.222. The highest BCUT2D eigenvalue weighted by atomic mass is 35.5. The Kier molecular flexibility index (Phi) is 5.92. The van der Waals surface area contributed by atoms with E-state index in [4.69, 9.17) is 11.6 Å². The Labute approximate surface area is 153 Å². The number of benzene rings is 2. The van der Waals surface area contributed by atoms with E-state index in [1.807, 2.05) is 6.92 Å². The molecule has 2 aromatic carbocycles. The summed E-state index contributed by atoms with van der Waals surface area (Å²) in [6, 6.07) is 10.0. The van der Waals surface area contributed by atoms with E-state index in [9.17, 15) is 22.8 Å². The highest BCUT2D eigenvalue weighted by Crippen LogP contribution is 2.37. The lowest BCUT2D eigenvalue weighted by Crippen LogP contribution is -2.36. The van der Waals surface area contributed by atoms with Gasteiger partial charge in [-0.05, 0) is 37.3 Å². The van der Waals surface area contributed by atoms with Crippen LogP contribution in [-0.2, 0) is 15.8 Å². The summed E-state index contributed by atoms with van der Waals surface area (Å²) < 4.78 is 39.0. The molecule has 2 aromatic rings. The predicted molar refractivity (Wildman–Crippen MR) is 94.3 cm³/mol. The van der Waals surface area contributed by atoms with Crippen LogP contribution in [0.2, 0.25) is 5.02 Å². The molecule has 4 nitrogen and oxygen atoms in total. The van der Waals surface area contributed by atoms with Crippen molar-refractivity contribution < 1.29 is 22.8 Å². The van der Waals surface area contributed by atoms with Gasteiger partial charge >= 0.3 is 6.18 Å². The molecule has 2 rings (SSSR count). The Hall–Kier alpha value is -2.54. The summed E-state index contributed by atoms with van der Waals surface area (Å²) >= 11 is 5.59. The van der Waals surface area contributed by atoms with Crippen LogP contribution in [0.4, 0.5) is 24.5 Å². The molecule has 0 atom stereocenters. The lowest BCUT2D eigenvalue weighted by molar-refractivity contribution is -0.137. The van der Waals surface area contributed by atoms with Crippen LogP contribution in [-0.4, -0.2) is 18.4 Å². The molecule has 0 radical (unpaired) electrons. The number of rotatable bonds is 4. The third-order valence-corrected chi connectivity index (χ3v) is 3.91. The van der Waals surface area contributed by atoms with Crippen LogP contribution in [0.1, 0.15) is 18.1 Å². The van der Waals surface area contributed by atoms with E-state index in [0.29, 0.717) is 5.69 Å². The van der Waals surface area contributed by atoms with Gasteiger partial charge in [-0.15, -0.1) is 0 Å². The Morgan fingerprint density at radius 1 is 1.12 bits per heavy atom. The lowest BCUT2D eigenvalue weighted by Gasteiger charge is -2.22. The van der Waals surface area contributed by atoms with Gasteiger partial charge in [0.2, 0.25) is 11.8 Å². The van der Waals surface area contributed by atoms with E-state index in [0.717, 1.165) is 22.6 Å². The van der Waals surface area contributed by atoms with Crippen molar-refractivity contribution in [1.82, 2.24) is 0 Å². The highest BCUT2D eigenvalue weighted by molar-refractivity contribution is 6.31. The molecule has 0 fully saturated rings. The normalized spacial score (nSPS) is 11.2. The van der Waals surface area contributed by atoms with Crippen molar-refractivity contribution >= 4 is 34.8 Å². The molecular weight excluding hydrogens is 369 g/mol. The van der Waals surface area contributed by atoms with E-state index >= 15 is 0 Å². The van der Waals surface area contributed by atoms with Crippen LogP contribution in [0.15, 0.2) is 42.5 Å². The van der Waals surface area contributed by atoms with Gasteiger partial charge in [0.1, 0.15) is 6.54 Å². The van der Waals surface area contributed by atoms with Crippen molar-refractivity contribution in [2.45, 2.75) is 20.0 Å². The minimum atomic E-state index is -4.67. The Morgan fingerprint density at radius 3 is 2.27 bits per heavy atom. The molecule has 0 aliphatic rings. The van der Waals surface area contributed by atoms with Crippen LogP contribution in [0.25, 0.3) is 0 Å². The maximum absolute atomic E-state index is 13.0. The van der Waals surface area contributed by atoms with E-state index in [2.05, 4.69) is 5.32 Å². The number of nitrogens with zero attached hydrogens (tertiary/aromatic N) is 1. The molecule has 0 aliphatic heterocycles. The monoisotopic (exact) mass is 384 g/mol. The molecule has 2 amide bonds. The standard InChI is InChI=1S/C18H16ClF3N2O2/c1-11-3-5-13(6-4-11)23-17(26)10-24(12(2)25)14-7-8-16(19)15(9-14)18(20,21)22/h3-9H,10H2,1-2H3,(H,23,26). The SMILES string of the molecule is CC(=O)N(CC(=O)Nc1ccc(C)cc1)c1ccc(Cl)c(C(F)(F)F)c1. The summed E-state index contributed by atoms with van der Waals surface area (Å²) in [7, 11) is 0. The van der Waals surface area contributed by atoms with Gasteiger partial charge in [-0.2, -0.15) is 13.2 Å². The largest absolute Gasteiger partial charge is 0.417 e. The summed E-state index contributed by atoms with van der Waals surface area (Å²) in [5.74, 6) is -1.10. The molecule has 138 valence electrons. The molecule has 0 spiro atoms. The Balaban J connectivity index is 2.22. The van der Waals surface area contributed by atoms with Gasteiger partial charge in [0.05, 0.1) is 10.6 Å². The number of amides is 2. The van der Waals surface area contributed by atoms with Crippen molar-refractivity contribution in [2.75, 3.05) is 16.8 Å². The number of halogens is 4. The molecule has 26 heavy (non-hydrogen) atoms. The first-order valence-electron chi connectivity index (χ1n) is 7.59. The first-order valence-corrected chi connectivity index (χ1v) is 7.97. The first kappa shape index (κ1) is 19.8.